The van der Waals surface area contributed by atoms with Crippen LogP contribution >= 0.6 is 11.3 Å². The summed E-state index contributed by atoms with van der Waals surface area (Å²) >= 11 is 1.33. The van der Waals surface area contributed by atoms with Gasteiger partial charge in [0, 0.05) is 20.1 Å². The zero-order valence-electron chi connectivity index (χ0n) is 12.7. The van der Waals surface area contributed by atoms with Crippen LogP contribution in [0.25, 0.3) is 0 Å². The minimum atomic E-state index is -0.868. The summed E-state index contributed by atoms with van der Waals surface area (Å²) in [4.78, 5) is 39.2. The van der Waals surface area contributed by atoms with Crippen LogP contribution in [0.2, 0.25) is 0 Å². The predicted molar refractivity (Wildman–Crippen MR) is 82.8 cm³/mol. The number of amides is 2. The minimum Gasteiger partial charge on any atom is -0.481 e. The summed E-state index contributed by atoms with van der Waals surface area (Å²) in [5.74, 6) is -1.64. The van der Waals surface area contributed by atoms with Gasteiger partial charge in [-0.2, -0.15) is 0 Å². The molecule has 0 aliphatic carbocycles. The molecule has 6 nitrogen and oxygen atoms in total. The van der Waals surface area contributed by atoms with Crippen LogP contribution in [0.15, 0.2) is 17.5 Å². The quantitative estimate of drug-likeness (QED) is 0.908. The highest BCUT2D eigenvalue weighted by atomic mass is 32.1. The normalized spacial score (nSPS) is 21.5. The molecule has 0 saturated carbocycles. The van der Waals surface area contributed by atoms with E-state index in [0.717, 1.165) is 0 Å². The van der Waals surface area contributed by atoms with Gasteiger partial charge in [0.15, 0.2) is 0 Å². The molecule has 120 valence electrons. The van der Waals surface area contributed by atoms with Gasteiger partial charge >= 0.3 is 5.97 Å². The van der Waals surface area contributed by atoms with Crippen molar-refractivity contribution in [3.8, 4) is 0 Å². The van der Waals surface area contributed by atoms with Crippen LogP contribution in [0, 0.1) is 11.8 Å². The zero-order chi connectivity index (χ0) is 16.3. The molecular weight excluding hydrogens is 304 g/mol. The van der Waals surface area contributed by atoms with Gasteiger partial charge in [0.2, 0.25) is 5.91 Å². The third-order valence-electron chi connectivity index (χ3n) is 3.81. The number of likely N-dealkylation sites (N-methyl/N-ethyl adjacent to an activating group) is 1. The van der Waals surface area contributed by atoms with Crippen molar-refractivity contribution in [3.05, 3.63) is 22.4 Å². The fraction of sp³-hybridized carbons (Fsp3) is 0.533. The third kappa shape index (κ3) is 3.85. The average molecular weight is 324 g/mol. The lowest BCUT2D eigenvalue weighted by Gasteiger charge is -2.35. The number of hydrogen-bond donors (Lipinski definition) is 1. The second kappa shape index (κ2) is 6.91. The van der Waals surface area contributed by atoms with E-state index in [4.69, 9.17) is 5.11 Å². The number of thiophene rings is 1. The summed E-state index contributed by atoms with van der Waals surface area (Å²) in [5.41, 5.74) is 0. The Morgan fingerprint density at radius 2 is 2.14 bits per heavy atom. The first-order valence-electron chi connectivity index (χ1n) is 7.18. The number of rotatable bonds is 4. The van der Waals surface area contributed by atoms with Crippen LogP contribution in [-0.4, -0.2) is 59.4 Å². The van der Waals surface area contributed by atoms with Crippen LogP contribution in [0.4, 0.5) is 0 Å². The molecule has 7 heteroatoms. The van der Waals surface area contributed by atoms with E-state index in [2.05, 4.69) is 0 Å². The molecule has 0 bridgehead atoms. The van der Waals surface area contributed by atoms with Crippen molar-refractivity contribution in [3.63, 3.8) is 0 Å². The van der Waals surface area contributed by atoms with Gasteiger partial charge in [0.1, 0.15) is 0 Å². The fourth-order valence-electron chi connectivity index (χ4n) is 2.70. The molecule has 2 rings (SSSR count). The smallest absolute Gasteiger partial charge is 0.308 e. The number of aliphatic carboxylic acids is 1. The molecular formula is C15H20N2O4S. The number of carbonyl (C=O) groups excluding carboxylic acids is 2. The number of nitrogens with zero attached hydrogens (tertiary/aromatic N) is 2. The van der Waals surface area contributed by atoms with Crippen molar-refractivity contribution < 1.29 is 19.5 Å². The number of hydrogen-bond acceptors (Lipinski definition) is 4. The molecule has 0 spiro atoms. The van der Waals surface area contributed by atoms with E-state index in [1.807, 2.05) is 12.3 Å². The lowest BCUT2D eigenvalue weighted by Crippen LogP contribution is -2.49. The van der Waals surface area contributed by atoms with Crippen LogP contribution in [-0.2, 0) is 9.59 Å². The average Bonchev–Trinajstić information content (AvgIpc) is 2.99. The maximum atomic E-state index is 12.3. The highest BCUT2D eigenvalue weighted by Crippen LogP contribution is 2.22. The van der Waals surface area contributed by atoms with E-state index in [9.17, 15) is 14.4 Å². The first-order chi connectivity index (χ1) is 10.4. The van der Waals surface area contributed by atoms with Crippen LogP contribution in [0.5, 0.6) is 0 Å². The van der Waals surface area contributed by atoms with Gasteiger partial charge in [-0.3, -0.25) is 14.4 Å². The van der Waals surface area contributed by atoms with E-state index < -0.39 is 11.9 Å². The van der Waals surface area contributed by atoms with Crippen molar-refractivity contribution in [1.29, 1.82) is 0 Å². The number of likely N-dealkylation sites (tertiary alicyclic amines) is 1. The highest BCUT2D eigenvalue weighted by molar-refractivity contribution is 7.12. The molecule has 1 aliphatic rings. The summed E-state index contributed by atoms with van der Waals surface area (Å²) in [6.07, 6.45) is 0.586. The molecule has 1 saturated heterocycles. The molecule has 1 aromatic heterocycles. The van der Waals surface area contributed by atoms with Crippen molar-refractivity contribution >= 4 is 29.1 Å². The Morgan fingerprint density at radius 1 is 1.41 bits per heavy atom. The van der Waals surface area contributed by atoms with E-state index in [1.165, 1.54) is 16.2 Å². The standard InChI is InChI=1S/C15H20N2O4S/c1-10-6-11(15(20)21)8-17(7-10)13(18)9-16(2)14(19)12-4-3-5-22-12/h3-5,10-11H,6-9H2,1-2H3,(H,20,21). The summed E-state index contributed by atoms with van der Waals surface area (Å²) < 4.78 is 0. The highest BCUT2D eigenvalue weighted by Gasteiger charge is 2.32. The molecule has 22 heavy (non-hydrogen) atoms. The van der Waals surface area contributed by atoms with Gasteiger partial charge in [-0.05, 0) is 23.8 Å². The lowest BCUT2D eigenvalue weighted by atomic mass is 9.90. The minimum absolute atomic E-state index is 0.0320. The molecule has 2 heterocycles. The van der Waals surface area contributed by atoms with Crippen LogP contribution < -0.4 is 0 Å². The molecule has 0 radical (unpaired) electrons. The Bertz CT molecular complexity index is 558. The lowest BCUT2D eigenvalue weighted by molar-refractivity contribution is -0.147. The molecule has 1 N–H and O–H groups in total. The molecule has 0 aromatic carbocycles. The zero-order valence-corrected chi connectivity index (χ0v) is 13.5. The molecule has 2 amide bonds. The van der Waals surface area contributed by atoms with Crippen molar-refractivity contribution in [2.75, 3.05) is 26.7 Å². The number of carboxylic acid groups (broad SMARTS) is 1. The molecule has 2 unspecified atom stereocenters. The second-order valence-electron chi connectivity index (χ2n) is 5.81. The van der Waals surface area contributed by atoms with Gasteiger partial charge in [-0.1, -0.05) is 13.0 Å². The van der Waals surface area contributed by atoms with Crippen molar-refractivity contribution in [2.24, 2.45) is 11.8 Å². The maximum Gasteiger partial charge on any atom is 0.308 e. The van der Waals surface area contributed by atoms with Crippen molar-refractivity contribution in [1.82, 2.24) is 9.80 Å². The van der Waals surface area contributed by atoms with Gasteiger partial charge in [0.05, 0.1) is 17.3 Å². The Kier molecular flexibility index (Phi) is 5.18. The number of piperidine rings is 1. The van der Waals surface area contributed by atoms with E-state index in [0.29, 0.717) is 17.8 Å². The molecule has 2 atom stereocenters. The largest absolute Gasteiger partial charge is 0.481 e. The van der Waals surface area contributed by atoms with Gasteiger partial charge in [-0.25, -0.2) is 0 Å². The Balaban J connectivity index is 1.96. The number of carbonyl (C=O) groups is 3. The Morgan fingerprint density at radius 3 is 2.73 bits per heavy atom. The monoisotopic (exact) mass is 324 g/mol. The summed E-state index contributed by atoms with van der Waals surface area (Å²) in [6, 6.07) is 3.51. The SMILES string of the molecule is CC1CC(C(=O)O)CN(C(=O)CN(C)C(=O)c2cccs2)C1. The first-order valence-corrected chi connectivity index (χ1v) is 8.06. The van der Waals surface area contributed by atoms with E-state index in [-0.39, 0.29) is 30.8 Å². The Hall–Kier alpha value is -1.89. The van der Waals surface area contributed by atoms with Gasteiger partial charge in [0.25, 0.3) is 5.91 Å². The maximum absolute atomic E-state index is 12.3. The number of carboxylic acids is 1. The third-order valence-corrected chi connectivity index (χ3v) is 4.67. The van der Waals surface area contributed by atoms with Crippen molar-refractivity contribution in [2.45, 2.75) is 13.3 Å². The molecule has 1 fully saturated rings. The Labute approximate surface area is 133 Å². The van der Waals surface area contributed by atoms with E-state index in [1.54, 1.807) is 24.1 Å². The summed E-state index contributed by atoms with van der Waals surface area (Å²) in [5, 5.41) is 11.0. The second-order valence-corrected chi connectivity index (χ2v) is 6.76. The van der Waals surface area contributed by atoms with Crippen LogP contribution in [0.1, 0.15) is 23.0 Å². The molecule has 1 aromatic rings. The topological polar surface area (TPSA) is 77.9 Å². The predicted octanol–water partition coefficient (Wildman–Crippen LogP) is 1.39. The van der Waals surface area contributed by atoms with Gasteiger partial charge < -0.3 is 14.9 Å². The summed E-state index contributed by atoms with van der Waals surface area (Å²) in [6.45, 7) is 2.68. The van der Waals surface area contributed by atoms with Gasteiger partial charge in [-0.15, -0.1) is 11.3 Å². The van der Waals surface area contributed by atoms with Crippen LogP contribution in [0.3, 0.4) is 0 Å². The van der Waals surface area contributed by atoms with E-state index >= 15 is 0 Å². The first kappa shape index (κ1) is 16.5. The fourth-order valence-corrected chi connectivity index (χ4v) is 3.41. The molecule has 1 aliphatic heterocycles. The summed E-state index contributed by atoms with van der Waals surface area (Å²) in [7, 11) is 1.59.